The van der Waals surface area contributed by atoms with Crippen LogP contribution >= 0.6 is 11.8 Å². The van der Waals surface area contributed by atoms with Crippen molar-refractivity contribution in [2.45, 2.75) is 19.3 Å². The monoisotopic (exact) mass is 127 g/mol. The van der Waals surface area contributed by atoms with Crippen molar-refractivity contribution in [3.05, 3.63) is 5.75 Å². The van der Waals surface area contributed by atoms with Crippen LogP contribution in [0.3, 0.4) is 0 Å². The van der Waals surface area contributed by atoms with E-state index in [1.54, 1.807) is 11.8 Å². The summed E-state index contributed by atoms with van der Waals surface area (Å²) in [6, 6.07) is 0. The molecule has 1 radical (unpaired) electrons. The van der Waals surface area contributed by atoms with Gasteiger partial charge < -0.3 is 0 Å². The Labute approximate surface area is 56.1 Å². The molecule has 8 heavy (non-hydrogen) atoms. The fourth-order valence-electron chi connectivity index (χ4n) is 0.405. The lowest BCUT2D eigenvalue weighted by atomic mass is 10.3. The van der Waals surface area contributed by atoms with Crippen LogP contribution < -0.4 is 0 Å². The standard InChI is InChI=1S/C7H11S/c1-3-4-5-6-7-8-2/h1,7H,4-6H2,2H3. The zero-order valence-electron chi connectivity index (χ0n) is 5.18. The molecular weight excluding hydrogens is 116 g/mol. The molecule has 0 spiro atoms. The summed E-state index contributed by atoms with van der Waals surface area (Å²) in [5.41, 5.74) is 0. The zero-order valence-corrected chi connectivity index (χ0v) is 6.00. The quantitative estimate of drug-likeness (QED) is 0.412. The molecule has 0 unspecified atom stereocenters. The first-order valence-electron chi connectivity index (χ1n) is 2.69. The predicted octanol–water partition coefficient (Wildman–Crippen LogP) is 2.31. The first-order valence-corrected chi connectivity index (χ1v) is 3.98. The van der Waals surface area contributed by atoms with Crippen molar-refractivity contribution in [2.24, 2.45) is 0 Å². The highest BCUT2D eigenvalue weighted by atomic mass is 32.2. The van der Waals surface area contributed by atoms with Crippen LogP contribution in [0, 0.1) is 18.1 Å². The van der Waals surface area contributed by atoms with Gasteiger partial charge in [0.05, 0.1) is 0 Å². The second-order valence-electron chi connectivity index (χ2n) is 1.50. The van der Waals surface area contributed by atoms with Gasteiger partial charge in [0.15, 0.2) is 0 Å². The number of terminal acetylenes is 1. The smallest absolute Gasteiger partial charge is 0.0163 e. The number of hydrogen-bond acceptors (Lipinski definition) is 1. The summed E-state index contributed by atoms with van der Waals surface area (Å²) in [5, 5.41) is 0. The van der Waals surface area contributed by atoms with Gasteiger partial charge in [0.2, 0.25) is 0 Å². The summed E-state index contributed by atoms with van der Waals surface area (Å²) in [6.45, 7) is 0. The maximum absolute atomic E-state index is 5.04. The Kier molecular flexibility index (Phi) is 6.83. The van der Waals surface area contributed by atoms with Crippen molar-refractivity contribution in [3.63, 3.8) is 0 Å². The SMILES string of the molecule is C#CCCC[CH]SC. The van der Waals surface area contributed by atoms with Gasteiger partial charge in [-0.1, -0.05) is 0 Å². The number of unbranched alkanes of at least 4 members (excludes halogenated alkanes) is 2. The fourth-order valence-corrected chi connectivity index (χ4v) is 0.808. The van der Waals surface area contributed by atoms with Crippen LogP contribution in [0.2, 0.25) is 0 Å². The topological polar surface area (TPSA) is 0 Å². The molecule has 0 saturated heterocycles. The largest absolute Gasteiger partial charge is 0.161 e. The normalized spacial score (nSPS) is 8.50. The molecule has 0 aromatic heterocycles. The molecular formula is C7H11S. The van der Waals surface area contributed by atoms with E-state index < -0.39 is 0 Å². The second-order valence-corrected chi connectivity index (χ2v) is 2.30. The molecule has 0 aromatic rings. The highest BCUT2D eigenvalue weighted by Gasteiger charge is 1.82. The third kappa shape index (κ3) is 5.91. The summed E-state index contributed by atoms with van der Waals surface area (Å²) < 4.78 is 0. The third-order valence-electron chi connectivity index (χ3n) is 0.810. The molecule has 45 valence electrons. The van der Waals surface area contributed by atoms with Gasteiger partial charge in [-0.25, -0.2) is 0 Å². The van der Waals surface area contributed by atoms with Crippen molar-refractivity contribution >= 4 is 11.8 Å². The molecule has 0 amide bonds. The summed E-state index contributed by atoms with van der Waals surface area (Å²) in [5.74, 6) is 4.78. The lowest BCUT2D eigenvalue weighted by Gasteiger charge is -1.90. The van der Waals surface area contributed by atoms with E-state index in [0.29, 0.717) is 0 Å². The Balaban J connectivity index is 2.65. The minimum atomic E-state index is 0.914. The molecule has 0 nitrogen and oxygen atoms in total. The molecule has 0 rings (SSSR count). The number of thioether (sulfide) groups is 1. The average Bonchev–Trinajstić information content (AvgIpc) is 1.81. The van der Waals surface area contributed by atoms with Crippen LogP contribution in [0.5, 0.6) is 0 Å². The maximum Gasteiger partial charge on any atom is 0.0163 e. The van der Waals surface area contributed by atoms with E-state index in [0.717, 1.165) is 19.3 Å². The maximum atomic E-state index is 5.04. The van der Waals surface area contributed by atoms with E-state index in [1.165, 1.54) is 0 Å². The third-order valence-corrected chi connectivity index (χ3v) is 1.38. The lowest BCUT2D eigenvalue weighted by Crippen LogP contribution is -1.70. The van der Waals surface area contributed by atoms with Gasteiger partial charge in [0.25, 0.3) is 0 Å². The summed E-state index contributed by atoms with van der Waals surface area (Å²) in [6.07, 6.45) is 10.3. The number of rotatable bonds is 4. The average molecular weight is 127 g/mol. The van der Waals surface area contributed by atoms with Crippen LogP contribution in [0.4, 0.5) is 0 Å². The number of hydrogen-bond donors (Lipinski definition) is 0. The summed E-state index contributed by atoms with van der Waals surface area (Å²) >= 11 is 1.76. The van der Waals surface area contributed by atoms with Crippen molar-refractivity contribution in [3.8, 4) is 12.3 Å². The van der Waals surface area contributed by atoms with Crippen molar-refractivity contribution in [2.75, 3.05) is 6.26 Å². The molecule has 0 aliphatic rings. The molecule has 0 heterocycles. The molecule has 0 aromatic carbocycles. The Bertz CT molecular complexity index is 70.9. The fraction of sp³-hybridized carbons (Fsp3) is 0.571. The Morgan fingerprint density at radius 1 is 1.75 bits per heavy atom. The highest BCUT2D eigenvalue weighted by molar-refractivity contribution is 8.00. The first kappa shape index (κ1) is 7.91. The van der Waals surface area contributed by atoms with Crippen LogP contribution in [-0.4, -0.2) is 6.26 Å². The van der Waals surface area contributed by atoms with E-state index >= 15 is 0 Å². The Morgan fingerprint density at radius 2 is 2.50 bits per heavy atom. The van der Waals surface area contributed by atoms with Crippen LogP contribution in [0.15, 0.2) is 0 Å². The summed E-state index contributed by atoms with van der Waals surface area (Å²) in [7, 11) is 0. The van der Waals surface area contributed by atoms with Crippen LogP contribution in [0.1, 0.15) is 19.3 Å². The Hall–Kier alpha value is -0.0900. The van der Waals surface area contributed by atoms with E-state index in [-0.39, 0.29) is 0 Å². The zero-order chi connectivity index (χ0) is 6.24. The molecule has 1 heteroatoms. The lowest BCUT2D eigenvalue weighted by molar-refractivity contribution is 0.875. The van der Waals surface area contributed by atoms with Crippen LogP contribution in [0.25, 0.3) is 0 Å². The van der Waals surface area contributed by atoms with Gasteiger partial charge in [-0.2, -0.15) is 11.8 Å². The molecule has 0 aliphatic carbocycles. The minimum Gasteiger partial charge on any atom is -0.161 e. The Morgan fingerprint density at radius 3 is 3.00 bits per heavy atom. The van der Waals surface area contributed by atoms with Crippen LogP contribution in [-0.2, 0) is 0 Å². The highest BCUT2D eigenvalue weighted by Crippen LogP contribution is 2.06. The minimum absolute atomic E-state index is 0.914. The van der Waals surface area contributed by atoms with Gasteiger partial charge >= 0.3 is 0 Å². The van der Waals surface area contributed by atoms with E-state index in [9.17, 15) is 0 Å². The first-order chi connectivity index (χ1) is 3.91. The predicted molar refractivity (Wildman–Crippen MR) is 40.5 cm³/mol. The second kappa shape index (κ2) is 6.91. The van der Waals surface area contributed by atoms with Gasteiger partial charge in [-0.05, 0) is 19.1 Å². The molecule has 0 fully saturated rings. The molecule has 0 N–H and O–H groups in total. The van der Waals surface area contributed by atoms with E-state index in [2.05, 4.69) is 17.9 Å². The van der Waals surface area contributed by atoms with Crippen molar-refractivity contribution in [1.29, 1.82) is 0 Å². The van der Waals surface area contributed by atoms with Crippen molar-refractivity contribution < 1.29 is 0 Å². The molecule has 0 bridgehead atoms. The molecule has 0 atom stereocenters. The van der Waals surface area contributed by atoms with Crippen molar-refractivity contribution in [1.82, 2.24) is 0 Å². The molecule has 0 saturated carbocycles. The van der Waals surface area contributed by atoms with E-state index in [1.807, 2.05) is 0 Å². The van der Waals surface area contributed by atoms with Gasteiger partial charge in [-0.15, -0.1) is 12.3 Å². The van der Waals surface area contributed by atoms with Gasteiger partial charge in [-0.3, -0.25) is 0 Å². The molecule has 0 aliphatic heterocycles. The summed E-state index contributed by atoms with van der Waals surface area (Å²) in [4.78, 5) is 0. The van der Waals surface area contributed by atoms with Gasteiger partial charge in [0, 0.05) is 12.2 Å². The van der Waals surface area contributed by atoms with E-state index in [4.69, 9.17) is 6.42 Å². The van der Waals surface area contributed by atoms with Gasteiger partial charge in [0.1, 0.15) is 0 Å².